The first-order valence-corrected chi connectivity index (χ1v) is 10.9. The van der Waals surface area contributed by atoms with Crippen LogP contribution in [0.15, 0.2) is 48.5 Å². The Morgan fingerprint density at radius 1 is 1.13 bits per heavy atom. The predicted octanol–water partition coefficient (Wildman–Crippen LogP) is 4.40. The van der Waals surface area contributed by atoms with Crippen LogP contribution in [0.2, 0.25) is 0 Å². The first-order valence-electron chi connectivity index (χ1n) is 10.9. The van der Waals surface area contributed by atoms with Gasteiger partial charge in [-0.15, -0.1) is 0 Å². The molecule has 0 radical (unpaired) electrons. The third-order valence-corrected chi connectivity index (χ3v) is 5.48. The minimum absolute atomic E-state index is 0.0641. The van der Waals surface area contributed by atoms with Gasteiger partial charge in [-0.3, -0.25) is 10.2 Å². The maximum Gasteiger partial charge on any atom is 0.223 e. The van der Waals surface area contributed by atoms with Crippen molar-refractivity contribution < 1.29 is 4.79 Å². The first kappa shape index (κ1) is 23.6. The van der Waals surface area contributed by atoms with Crippen LogP contribution in [0.4, 0.5) is 0 Å². The number of hydrogen-bond donors (Lipinski definition) is 3. The van der Waals surface area contributed by atoms with Gasteiger partial charge in [0.25, 0.3) is 0 Å². The van der Waals surface area contributed by atoms with Crippen LogP contribution in [0.5, 0.6) is 0 Å². The van der Waals surface area contributed by atoms with Gasteiger partial charge in [-0.1, -0.05) is 75.7 Å². The zero-order valence-corrected chi connectivity index (χ0v) is 18.7. The van der Waals surface area contributed by atoms with Crippen LogP contribution in [0.25, 0.3) is 11.1 Å². The Balaban J connectivity index is 2.28. The molecular formula is C25H36N4O. The molecule has 2 aromatic rings. The number of nitrogen functional groups attached to an aromatic ring is 1. The number of amides is 1. The van der Waals surface area contributed by atoms with E-state index in [2.05, 4.69) is 38.2 Å². The number of unbranched alkanes of at least 4 members (excludes halogenated alkanes) is 1. The van der Waals surface area contributed by atoms with Crippen LogP contribution in [0, 0.1) is 11.3 Å². The van der Waals surface area contributed by atoms with Crippen LogP contribution in [0.1, 0.15) is 51.2 Å². The van der Waals surface area contributed by atoms with Crippen molar-refractivity contribution in [2.75, 3.05) is 13.6 Å². The van der Waals surface area contributed by atoms with E-state index in [1.54, 1.807) is 0 Å². The molecule has 0 aliphatic rings. The topological polar surface area (TPSA) is 82.2 Å². The molecule has 162 valence electrons. The molecule has 1 amide bonds. The monoisotopic (exact) mass is 408 g/mol. The summed E-state index contributed by atoms with van der Waals surface area (Å²) < 4.78 is 0. The van der Waals surface area contributed by atoms with E-state index >= 15 is 0 Å². The highest BCUT2D eigenvalue weighted by molar-refractivity contribution is 6.01. The number of carbonyl (C=O) groups is 1. The maximum absolute atomic E-state index is 13.0. The largest absolute Gasteiger partial charge is 0.384 e. The Labute approximate surface area is 181 Å². The highest BCUT2D eigenvalue weighted by Crippen LogP contribution is 2.25. The number of hydrogen-bond acceptors (Lipinski definition) is 3. The molecule has 4 N–H and O–H groups in total. The van der Waals surface area contributed by atoms with Gasteiger partial charge in [0.2, 0.25) is 5.91 Å². The minimum atomic E-state index is 0.0641. The molecule has 2 aromatic carbocycles. The van der Waals surface area contributed by atoms with E-state index in [9.17, 15) is 4.79 Å². The molecule has 1 atom stereocenters. The summed E-state index contributed by atoms with van der Waals surface area (Å²) in [5.41, 5.74) is 9.54. The molecule has 0 aliphatic carbocycles. The average Bonchev–Trinajstić information content (AvgIpc) is 2.74. The summed E-state index contributed by atoms with van der Waals surface area (Å²) in [7, 11) is 1.94. The van der Waals surface area contributed by atoms with Crippen molar-refractivity contribution in [2.45, 2.75) is 52.6 Å². The van der Waals surface area contributed by atoms with Gasteiger partial charge in [-0.2, -0.15) is 0 Å². The molecule has 0 spiro atoms. The van der Waals surface area contributed by atoms with Crippen molar-refractivity contribution in [3.63, 3.8) is 0 Å². The van der Waals surface area contributed by atoms with Gasteiger partial charge in [0.1, 0.15) is 5.84 Å². The fourth-order valence-electron chi connectivity index (χ4n) is 3.73. The molecule has 0 bridgehead atoms. The lowest BCUT2D eigenvalue weighted by Gasteiger charge is -2.35. The van der Waals surface area contributed by atoms with Crippen LogP contribution in [-0.2, 0) is 11.3 Å². The SMILES string of the molecule is CCCCC(=O)N(Cc1ccc(-c2ccccc2C(=N)N)cc1)C(CNC)C(C)C. The molecule has 0 heterocycles. The van der Waals surface area contributed by atoms with Gasteiger partial charge in [-0.25, -0.2) is 0 Å². The number of likely N-dealkylation sites (N-methyl/N-ethyl adjacent to an activating group) is 1. The van der Waals surface area contributed by atoms with Crippen molar-refractivity contribution in [3.05, 3.63) is 59.7 Å². The maximum atomic E-state index is 13.0. The second kappa shape index (κ2) is 11.5. The van der Waals surface area contributed by atoms with Gasteiger partial charge >= 0.3 is 0 Å². The van der Waals surface area contributed by atoms with Crippen LogP contribution in [-0.4, -0.2) is 36.3 Å². The minimum Gasteiger partial charge on any atom is -0.384 e. The predicted molar refractivity (Wildman–Crippen MR) is 126 cm³/mol. The Morgan fingerprint density at radius 3 is 2.37 bits per heavy atom. The summed E-state index contributed by atoms with van der Waals surface area (Å²) >= 11 is 0. The van der Waals surface area contributed by atoms with Gasteiger partial charge in [0.15, 0.2) is 0 Å². The molecule has 2 rings (SSSR count). The zero-order chi connectivity index (χ0) is 22.1. The number of carbonyl (C=O) groups excluding carboxylic acids is 1. The number of nitrogens with one attached hydrogen (secondary N) is 2. The lowest BCUT2D eigenvalue weighted by Crippen LogP contribution is -2.47. The fourth-order valence-corrected chi connectivity index (χ4v) is 3.73. The summed E-state index contributed by atoms with van der Waals surface area (Å²) in [5.74, 6) is 0.649. The lowest BCUT2D eigenvalue weighted by atomic mass is 9.97. The number of nitrogens with zero attached hydrogens (tertiary/aromatic N) is 1. The molecule has 5 heteroatoms. The molecular weight excluding hydrogens is 372 g/mol. The van der Waals surface area contributed by atoms with Gasteiger partial charge in [-0.05, 0) is 36.1 Å². The van der Waals surface area contributed by atoms with Crippen molar-refractivity contribution in [1.29, 1.82) is 5.41 Å². The van der Waals surface area contributed by atoms with E-state index in [0.717, 1.165) is 41.6 Å². The zero-order valence-electron chi connectivity index (χ0n) is 18.7. The van der Waals surface area contributed by atoms with E-state index < -0.39 is 0 Å². The molecule has 0 saturated heterocycles. The summed E-state index contributed by atoms with van der Waals surface area (Å²) in [4.78, 5) is 15.0. The second-order valence-electron chi connectivity index (χ2n) is 8.15. The summed E-state index contributed by atoms with van der Waals surface area (Å²) in [6, 6.07) is 16.1. The molecule has 0 fully saturated rings. The highest BCUT2D eigenvalue weighted by atomic mass is 16.2. The van der Waals surface area contributed by atoms with Crippen molar-refractivity contribution in [3.8, 4) is 11.1 Å². The third kappa shape index (κ3) is 6.17. The quantitative estimate of drug-likeness (QED) is 0.381. The van der Waals surface area contributed by atoms with Crippen LogP contribution >= 0.6 is 0 Å². The number of benzene rings is 2. The van der Waals surface area contributed by atoms with E-state index in [0.29, 0.717) is 18.9 Å². The number of nitrogens with two attached hydrogens (primary N) is 1. The molecule has 0 saturated carbocycles. The average molecular weight is 409 g/mol. The second-order valence-corrected chi connectivity index (χ2v) is 8.15. The normalized spacial score (nSPS) is 12.0. The van der Waals surface area contributed by atoms with Gasteiger partial charge in [0.05, 0.1) is 0 Å². The molecule has 0 aromatic heterocycles. The Bertz CT molecular complexity index is 829. The fraction of sp³-hybridized carbons (Fsp3) is 0.440. The van der Waals surface area contributed by atoms with Crippen molar-refractivity contribution >= 4 is 11.7 Å². The van der Waals surface area contributed by atoms with Crippen LogP contribution < -0.4 is 11.1 Å². The third-order valence-electron chi connectivity index (χ3n) is 5.48. The van der Waals surface area contributed by atoms with E-state index in [1.165, 1.54) is 0 Å². The summed E-state index contributed by atoms with van der Waals surface area (Å²) in [6.45, 7) is 7.83. The van der Waals surface area contributed by atoms with E-state index in [1.807, 2.05) is 48.3 Å². The molecule has 0 aliphatic heterocycles. The Hall–Kier alpha value is -2.66. The number of amidine groups is 1. The van der Waals surface area contributed by atoms with E-state index in [-0.39, 0.29) is 17.8 Å². The highest BCUT2D eigenvalue weighted by Gasteiger charge is 2.25. The molecule has 5 nitrogen and oxygen atoms in total. The van der Waals surface area contributed by atoms with E-state index in [4.69, 9.17) is 11.1 Å². The van der Waals surface area contributed by atoms with Crippen molar-refractivity contribution in [2.24, 2.45) is 11.7 Å². The number of rotatable bonds is 11. The van der Waals surface area contributed by atoms with Gasteiger partial charge < -0.3 is 16.0 Å². The Kier molecular flexibility index (Phi) is 9.06. The summed E-state index contributed by atoms with van der Waals surface area (Å²) in [6.07, 6.45) is 2.52. The Morgan fingerprint density at radius 2 is 1.80 bits per heavy atom. The first-order chi connectivity index (χ1) is 14.4. The lowest BCUT2D eigenvalue weighted by molar-refractivity contribution is -0.135. The van der Waals surface area contributed by atoms with Crippen molar-refractivity contribution in [1.82, 2.24) is 10.2 Å². The molecule has 1 unspecified atom stereocenters. The van der Waals surface area contributed by atoms with Crippen LogP contribution in [0.3, 0.4) is 0 Å². The smallest absolute Gasteiger partial charge is 0.223 e. The standard InChI is InChI=1S/C25H36N4O/c1-5-6-11-24(30)29(23(16-28-4)18(2)3)17-19-12-14-20(15-13-19)21-9-7-8-10-22(21)25(26)27/h7-10,12-15,18,23,28H,5-6,11,16-17H2,1-4H3,(H3,26,27). The molecule has 30 heavy (non-hydrogen) atoms. The summed E-state index contributed by atoms with van der Waals surface area (Å²) in [5, 5.41) is 11.1. The van der Waals surface area contributed by atoms with Gasteiger partial charge in [0, 0.05) is 31.1 Å².